The molecule has 0 N–H and O–H groups in total. The zero-order chi connectivity index (χ0) is 8.43. The summed E-state index contributed by atoms with van der Waals surface area (Å²) in [5.74, 6) is 0.820. The van der Waals surface area contributed by atoms with Crippen LogP contribution in [-0.4, -0.2) is 22.6 Å². The van der Waals surface area contributed by atoms with Crippen molar-refractivity contribution < 1.29 is 4.79 Å². The van der Waals surface area contributed by atoms with Crippen molar-refractivity contribution in [3.8, 4) is 0 Å². The van der Waals surface area contributed by atoms with E-state index in [9.17, 15) is 4.79 Å². The summed E-state index contributed by atoms with van der Waals surface area (Å²) in [5, 5.41) is 2.04. The summed E-state index contributed by atoms with van der Waals surface area (Å²) in [7, 11) is 0. The van der Waals surface area contributed by atoms with Gasteiger partial charge >= 0.3 is 0 Å². The Balaban J connectivity index is 2.80. The Morgan fingerprint density at radius 1 is 1.64 bits per heavy atom. The second-order valence-corrected chi connectivity index (χ2v) is 3.79. The maximum atomic E-state index is 11.3. The van der Waals surface area contributed by atoms with Gasteiger partial charge in [-0.15, -0.1) is 11.8 Å². The standard InChI is InChI=1S/C8H13NOS/c1-6(2)9-7(3)4-11-5-8(9)10/h4,6H,5H2,1-3H3. The molecule has 0 aromatic heterocycles. The molecule has 1 heterocycles. The van der Waals surface area contributed by atoms with Crippen LogP contribution in [0.5, 0.6) is 0 Å². The number of rotatable bonds is 1. The van der Waals surface area contributed by atoms with Gasteiger partial charge in [0.05, 0.1) is 5.75 Å². The molecule has 0 bridgehead atoms. The second-order valence-electron chi connectivity index (χ2n) is 2.93. The van der Waals surface area contributed by atoms with E-state index < -0.39 is 0 Å². The van der Waals surface area contributed by atoms with Crippen molar-refractivity contribution in [2.45, 2.75) is 26.8 Å². The molecule has 11 heavy (non-hydrogen) atoms. The summed E-state index contributed by atoms with van der Waals surface area (Å²) in [6.07, 6.45) is 0. The molecular weight excluding hydrogens is 158 g/mol. The molecule has 0 aromatic rings. The fourth-order valence-corrected chi connectivity index (χ4v) is 1.97. The van der Waals surface area contributed by atoms with E-state index in [-0.39, 0.29) is 5.91 Å². The van der Waals surface area contributed by atoms with Crippen LogP contribution in [0.15, 0.2) is 11.1 Å². The van der Waals surface area contributed by atoms with Crippen LogP contribution in [0.25, 0.3) is 0 Å². The molecule has 0 saturated heterocycles. The van der Waals surface area contributed by atoms with Gasteiger partial charge in [0, 0.05) is 11.7 Å². The first kappa shape index (κ1) is 8.65. The SMILES string of the molecule is CC1=CSCC(=O)N1C(C)C. The zero-order valence-corrected chi connectivity index (χ0v) is 7.94. The quantitative estimate of drug-likeness (QED) is 0.600. The molecule has 0 aliphatic carbocycles. The Morgan fingerprint density at radius 2 is 2.27 bits per heavy atom. The third kappa shape index (κ3) is 1.77. The first-order valence-electron chi connectivity index (χ1n) is 3.73. The number of amides is 1. The third-order valence-electron chi connectivity index (χ3n) is 1.63. The minimum Gasteiger partial charge on any atom is -0.313 e. The van der Waals surface area contributed by atoms with Crippen LogP contribution < -0.4 is 0 Å². The molecule has 1 rings (SSSR count). The van der Waals surface area contributed by atoms with E-state index in [1.54, 1.807) is 11.8 Å². The molecule has 0 saturated carbocycles. The first-order chi connectivity index (χ1) is 5.13. The molecule has 0 aromatic carbocycles. The summed E-state index contributed by atoms with van der Waals surface area (Å²) in [4.78, 5) is 13.2. The lowest BCUT2D eigenvalue weighted by molar-refractivity contribution is -0.127. The summed E-state index contributed by atoms with van der Waals surface area (Å²) in [5.41, 5.74) is 1.07. The van der Waals surface area contributed by atoms with Gasteiger partial charge in [-0.1, -0.05) is 0 Å². The Bertz CT molecular complexity index is 198. The summed E-state index contributed by atoms with van der Waals surface area (Å²) >= 11 is 1.58. The van der Waals surface area contributed by atoms with Crippen LogP contribution >= 0.6 is 11.8 Å². The van der Waals surface area contributed by atoms with E-state index in [2.05, 4.69) is 0 Å². The number of allylic oxidation sites excluding steroid dienone is 1. The van der Waals surface area contributed by atoms with Gasteiger partial charge in [-0.25, -0.2) is 0 Å². The number of hydrogen-bond donors (Lipinski definition) is 0. The van der Waals surface area contributed by atoms with E-state index >= 15 is 0 Å². The molecule has 3 heteroatoms. The lowest BCUT2D eigenvalue weighted by Gasteiger charge is -2.29. The highest BCUT2D eigenvalue weighted by molar-refractivity contribution is 8.02. The molecule has 0 fully saturated rings. The molecule has 2 nitrogen and oxygen atoms in total. The average Bonchev–Trinajstić information content (AvgIpc) is 1.85. The topological polar surface area (TPSA) is 20.3 Å². The normalized spacial score (nSPS) is 19.1. The predicted molar refractivity (Wildman–Crippen MR) is 48.2 cm³/mol. The second kappa shape index (κ2) is 3.30. The number of carbonyl (C=O) groups is 1. The minimum absolute atomic E-state index is 0.227. The van der Waals surface area contributed by atoms with Gasteiger partial charge in [-0.05, 0) is 26.2 Å². The van der Waals surface area contributed by atoms with Gasteiger partial charge < -0.3 is 4.90 Å². The predicted octanol–water partition coefficient (Wildman–Crippen LogP) is 1.83. The van der Waals surface area contributed by atoms with E-state index in [4.69, 9.17) is 0 Å². The number of nitrogens with zero attached hydrogens (tertiary/aromatic N) is 1. The van der Waals surface area contributed by atoms with Crippen molar-refractivity contribution >= 4 is 17.7 Å². The number of thioether (sulfide) groups is 1. The summed E-state index contributed by atoms with van der Waals surface area (Å²) in [6, 6.07) is 0.291. The molecule has 0 atom stereocenters. The van der Waals surface area contributed by atoms with Crippen molar-refractivity contribution in [3.63, 3.8) is 0 Å². The molecule has 0 unspecified atom stereocenters. The highest BCUT2D eigenvalue weighted by Gasteiger charge is 2.21. The van der Waals surface area contributed by atoms with Gasteiger partial charge in [0.2, 0.25) is 5.91 Å². The van der Waals surface area contributed by atoms with Crippen LogP contribution in [0.1, 0.15) is 20.8 Å². The van der Waals surface area contributed by atoms with Gasteiger partial charge in [0.15, 0.2) is 0 Å². The Morgan fingerprint density at radius 3 is 2.64 bits per heavy atom. The summed E-state index contributed by atoms with van der Waals surface area (Å²) < 4.78 is 0. The van der Waals surface area contributed by atoms with Crippen molar-refractivity contribution in [1.82, 2.24) is 4.90 Å². The van der Waals surface area contributed by atoms with E-state index in [1.807, 2.05) is 31.1 Å². The minimum atomic E-state index is 0.227. The molecule has 62 valence electrons. The molecular formula is C8H13NOS. The highest BCUT2D eigenvalue weighted by Crippen LogP contribution is 2.21. The Kier molecular flexibility index (Phi) is 2.60. The summed E-state index contributed by atoms with van der Waals surface area (Å²) in [6.45, 7) is 6.04. The lowest BCUT2D eigenvalue weighted by Crippen LogP contribution is -2.38. The van der Waals surface area contributed by atoms with Crippen LogP contribution in [0.4, 0.5) is 0 Å². The maximum Gasteiger partial charge on any atom is 0.237 e. The fourth-order valence-electron chi connectivity index (χ4n) is 1.25. The average molecular weight is 171 g/mol. The van der Waals surface area contributed by atoms with E-state index in [0.717, 1.165) is 5.70 Å². The monoisotopic (exact) mass is 171 g/mol. The smallest absolute Gasteiger partial charge is 0.237 e. The molecule has 0 radical (unpaired) electrons. The molecule has 1 amide bonds. The number of hydrogen-bond acceptors (Lipinski definition) is 2. The van der Waals surface area contributed by atoms with E-state index in [1.165, 1.54) is 0 Å². The van der Waals surface area contributed by atoms with Crippen molar-refractivity contribution in [3.05, 3.63) is 11.1 Å². The Labute approximate surface area is 71.6 Å². The fraction of sp³-hybridized carbons (Fsp3) is 0.625. The lowest BCUT2D eigenvalue weighted by atomic mass is 10.3. The van der Waals surface area contributed by atoms with Crippen LogP contribution in [-0.2, 0) is 4.79 Å². The highest BCUT2D eigenvalue weighted by atomic mass is 32.2. The van der Waals surface area contributed by atoms with Gasteiger partial charge in [0.1, 0.15) is 0 Å². The maximum absolute atomic E-state index is 11.3. The van der Waals surface area contributed by atoms with Crippen LogP contribution in [0, 0.1) is 0 Å². The number of carbonyl (C=O) groups excluding carboxylic acids is 1. The molecule has 1 aliphatic heterocycles. The molecule has 1 aliphatic rings. The third-order valence-corrected chi connectivity index (χ3v) is 2.55. The first-order valence-corrected chi connectivity index (χ1v) is 4.78. The van der Waals surface area contributed by atoms with Gasteiger partial charge in [-0.2, -0.15) is 0 Å². The van der Waals surface area contributed by atoms with E-state index in [0.29, 0.717) is 11.8 Å². The largest absolute Gasteiger partial charge is 0.313 e. The van der Waals surface area contributed by atoms with Gasteiger partial charge in [-0.3, -0.25) is 4.79 Å². The Hall–Kier alpha value is -0.440. The molecule has 0 spiro atoms. The van der Waals surface area contributed by atoms with Crippen molar-refractivity contribution in [2.24, 2.45) is 0 Å². The van der Waals surface area contributed by atoms with Crippen LogP contribution in [0.2, 0.25) is 0 Å². The van der Waals surface area contributed by atoms with Gasteiger partial charge in [0.25, 0.3) is 0 Å². The van der Waals surface area contributed by atoms with Crippen LogP contribution in [0.3, 0.4) is 0 Å². The van der Waals surface area contributed by atoms with Crippen molar-refractivity contribution in [1.29, 1.82) is 0 Å². The van der Waals surface area contributed by atoms with Crippen molar-refractivity contribution in [2.75, 3.05) is 5.75 Å². The zero-order valence-electron chi connectivity index (χ0n) is 7.13.